The molecule has 0 aliphatic heterocycles. The Hall–Kier alpha value is -3.66. The number of aromatic amines is 2. The van der Waals surface area contributed by atoms with Crippen molar-refractivity contribution in [2.75, 3.05) is 6.61 Å². The number of benzene rings is 2. The summed E-state index contributed by atoms with van der Waals surface area (Å²) in [6, 6.07) is 16.0. The number of alkyl halides is 3. The molecule has 33 heavy (non-hydrogen) atoms. The van der Waals surface area contributed by atoms with Gasteiger partial charge in [0.05, 0.1) is 16.7 Å². The van der Waals surface area contributed by atoms with Crippen LogP contribution in [0.25, 0.3) is 33.2 Å². The first-order chi connectivity index (χ1) is 15.8. The van der Waals surface area contributed by atoms with Gasteiger partial charge in [0.15, 0.2) is 6.61 Å². The Balaban J connectivity index is 1.66. The highest BCUT2D eigenvalue weighted by Gasteiger charge is 2.29. The first kappa shape index (κ1) is 21.2. The summed E-state index contributed by atoms with van der Waals surface area (Å²) in [4.78, 5) is 15.1. The number of aromatic nitrogens is 4. The molecule has 3 heterocycles. The van der Waals surface area contributed by atoms with Gasteiger partial charge in [-0.3, -0.25) is 4.98 Å². The first-order valence-corrected chi connectivity index (χ1v) is 11.1. The number of rotatable bonds is 5. The minimum atomic E-state index is -4.47. The Morgan fingerprint density at radius 3 is 2.48 bits per heavy atom. The first-order valence-electron chi connectivity index (χ1n) is 9.94. The molecular formula is C23H17F3N4O2S. The van der Waals surface area contributed by atoms with E-state index in [1.54, 1.807) is 6.92 Å². The Bertz CT molecular complexity index is 1470. The van der Waals surface area contributed by atoms with Crippen LogP contribution in [0.4, 0.5) is 13.2 Å². The van der Waals surface area contributed by atoms with Crippen LogP contribution in [-0.2, 0) is 10.8 Å². The van der Waals surface area contributed by atoms with Crippen LogP contribution in [0.15, 0.2) is 71.0 Å². The number of imidazole rings is 1. The van der Waals surface area contributed by atoms with Gasteiger partial charge in [0.1, 0.15) is 21.6 Å². The standard InChI is InChI=1S/C23H17F3N4O2S/c1-13-18(32-12-23(24,25)26)10-11-27-20(13)19-14-6-2-3-7-15(14)28-21(19)33(31)22-29-16-8-4-5-9-17(16)30-22/h2-11,28H,12H2,1H3,(H,29,30)/t33-/m1/s1. The van der Waals surface area contributed by atoms with Crippen molar-refractivity contribution < 1.29 is 22.1 Å². The van der Waals surface area contributed by atoms with Crippen molar-refractivity contribution in [3.05, 3.63) is 66.4 Å². The quantitative estimate of drug-likeness (QED) is 0.354. The highest BCUT2D eigenvalue weighted by molar-refractivity contribution is 7.85. The molecule has 0 amide bonds. The lowest BCUT2D eigenvalue weighted by molar-refractivity contribution is -0.153. The van der Waals surface area contributed by atoms with Crippen molar-refractivity contribution in [2.45, 2.75) is 23.3 Å². The maximum Gasteiger partial charge on any atom is 0.422 e. The molecule has 0 bridgehead atoms. The summed E-state index contributed by atoms with van der Waals surface area (Å²) in [6.07, 6.45) is -3.09. The summed E-state index contributed by atoms with van der Waals surface area (Å²) in [7, 11) is -1.74. The zero-order valence-corrected chi connectivity index (χ0v) is 18.1. The van der Waals surface area contributed by atoms with E-state index in [1.807, 2.05) is 48.5 Å². The van der Waals surface area contributed by atoms with Gasteiger partial charge in [-0.15, -0.1) is 0 Å². The number of H-pyrrole nitrogens is 2. The number of para-hydroxylation sites is 3. The summed E-state index contributed by atoms with van der Waals surface area (Å²) in [5.74, 6) is 0.0584. The fourth-order valence-corrected chi connectivity index (χ4v) is 4.86. The molecule has 168 valence electrons. The zero-order valence-electron chi connectivity index (χ0n) is 17.2. The zero-order chi connectivity index (χ0) is 23.2. The molecule has 0 unspecified atom stereocenters. The second-order valence-corrected chi connectivity index (χ2v) is 8.72. The van der Waals surface area contributed by atoms with Crippen LogP contribution >= 0.6 is 0 Å². The molecule has 5 rings (SSSR count). The molecule has 5 aromatic rings. The molecule has 0 spiro atoms. The van der Waals surface area contributed by atoms with E-state index in [1.165, 1.54) is 12.3 Å². The maximum atomic E-state index is 13.6. The van der Waals surface area contributed by atoms with Gasteiger partial charge in [-0.1, -0.05) is 30.3 Å². The van der Waals surface area contributed by atoms with Crippen molar-refractivity contribution in [1.82, 2.24) is 19.9 Å². The lowest BCUT2D eigenvalue weighted by Crippen LogP contribution is -2.19. The molecule has 3 aromatic heterocycles. The van der Waals surface area contributed by atoms with Gasteiger partial charge in [0, 0.05) is 28.2 Å². The molecular weight excluding hydrogens is 453 g/mol. The second kappa shape index (κ2) is 8.04. The van der Waals surface area contributed by atoms with Crippen molar-refractivity contribution in [3.63, 3.8) is 0 Å². The van der Waals surface area contributed by atoms with E-state index in [9.17, 15) is 17.4 Å². The third-order valence-electron chi connectivity index (χ3n) is 5.18. The van der Waals surface area contributed by atoms with Gasteiger partial charge in [0.2, 0.25) is 5.16 Å². The second-order valence-electron chi connectivity index (χ2n) is 7.39. The van der Waals surface area contributed by atoms with E-state index >= 15 is 0 Å². The molecule has 0 fully saturated rings. The molecule has 2 aromatic carbocycles. The van der Waals surface area contributed by atoms with Gasteiger partial charge in [0.25, 0.3) is 0 Å². The average molecular weight is 470 g/mol. The largest absolute Gasteiger partial charge is 0.484 e. The highest BCUT2D eigenvalue weighted by atomic mass is 32.2. The van der Waals surface area contributed by atoms with Crippen molar-refractivity contribution in [2.24, 2.45) is 0 Å². The third kappa shape index (κ3) is 3.97. The molecule has 6 nitrogen and oxygen atoms in total. The maximum absolute atomic E-state index is 13.6. The monoisotopic (exact) mass is 470 g/mol. The van der Waals surface area contributed by atoms with Crippen LogP contribution in [0, 0.1) is 6.92 Å². The van der Waals surface area contributed by atoms with Crippen LogP contribution in [0.5, 0.6) is 5.75 Å². The summed E-state index contributed by atoms with van der Waals surface area (Å²) >= 11 is 0. The van der Waals surface area contributed by atoms with Gasteiger partial charge in [-0.2, -0.15) is 13.2 Å². The lowest BCUT2D eigenvalue weighted by atomic mass is 10.1. The third-order valence-corrected chi connectivity index (χ3v) is 6.40. The van der Waals surface area contributed by atoms with Gasteiger partial charge >= 0.3 is 6.18 Å². The van der Waals surface area contributed by atoms with E-state index in [2.05, 4.69) is 19.9 Å². The number of pyridine rings is 1. The summed E-state index contributed by atoms with van der Waals surface area (Å²) < 4.78 is 56.7. The molecule has 10 heteroatoms. The molecule has 1 atom stereocenters. The Morgan fingerprint density at radius 2 is 1.73 bits per heavy atom. The SMILES string of the molecule is Cc1c(OCC(F)(F)F)ccnc1-c1c([S@@](=O)c2nc3ccccc3[nH]2)[nH]c2ccccc12. The van der Waals surface area contributed by atoms with Gasteiger partial charge in [-0.25, -0.2) is 9.19 Å². The Kier molecular flexibility index (Phi) is 5.16. The fourth-order valence-electron chi connectivity index (χ4n) is 3.69. The highest BCUT2D eigenvalue weighted by Crippen LogP contribution is 2.38. The van der Waals surface area contributed by atoms with Crippen LogP contribution in [0.2, 0.25) is 0 Å². The number of ether oxygens (including phenoxy) is 1. The fraction of sp³-hybridized carbons (Fsp3) is 0.130. The van der Waals surface area contributed by atoms with Crippen molar-refractivity contribution >= 4 is 32.7 Å². The molecule has 0 aliphatic carbocycles. The van der Waals surface area contributed by atoms with E-state index in [0.717, 1.165) is 16.4 Å². The smallest absolute Gasteiger partial charge is 0.422 e. The van der Waals surface area contributed by atoms with Crippen LogP contribution < -0.4 is 4.74 Å². The van der Waals surface area contributed by atoms with E-state index in [0.29, 0.717) is 27.4 Å². The van der Waals surface area contributed by atoms with Crippen molar-refractivity contribution in [1.29, 1.82) is 0 Å². The number of halogens is 3. The Labute approximate surface area is 188 Å². The van der Waals surface area contributed by atoms with Gasteiger partial charge in [-0.05, 0) is 31.2 Å². The Morgan fingerprint density at radius 1 is 1.00 bits per heavy atom. The minimum Gasteiger partial charge on any atom is -0.484 e. The molecule has 0 aliphatic rings. The normalized spacial score (nSPS) is 13.0. The predicted octanol–water partition coefficient (Wildman–Crippen LogP) is 5.52. The van der Waals surface area contributed by atoms with E-state index in [4.69, 9.17) is 4.74 Å². The number of fused-ring (bicyclic) bond motifs is 2. The summed E-state index contributed by atoms with van der Waals surface area (Å²) in [5.41, 5.74) is 3.46. The summed E-state index contributed by atoms with van der Waals surface area (Å²) in [5, 5.41) is 1.34. The van der Waals surface area contributed by atoms with Crippen LogP contribution in [0.1, 0.15) is 5.56 Å². The predicted molar refractivity (Wildman–Crippen MR) is 119 cm³/mol. The topological polar surface area (TPSA) is 83.7 Å². The number of nitrogens with zero attached hydrogens (tertiary/aromatic N) is 2. The van der Waals surface area contributed by atoms with E-state index in [-0.39, 0.29) is 10.9 Å². The van der Waals surface area contributed by atoms with Crippen LogP contribution in [-0.4, -0.2) is 36.9 Å². The van der Waals surface area contributed by atoms with Gasteiger partial charge < -0.3 is 14.7 Å². The summed E-state index contributed by atoms with van der Waals surface area (Å²) in [6.45, 7) is 0.215. The lowest BCUT2D eigenvalue weighted by Gasteiger charge is -2.14. The number of hydrogen-bond donors (Lipinski definition) is 2. The molecule has 2 N–H and O–H groups in total. The van der Waals surface area contributed by atoms with Crippen molar-refractivity contribution in [3.8, 4) is 17.0 Å². The molecule has 0 saturated heterocycles. The molecule has 0 radical (unpaired) electrons. The molecule has 0 saturated carbocycles. The number of hydrogen-bond acceptors (Lipinski definition) is 4. The average Bonchev–Trinajstić information content (AvgIpc) is 3.39. The van der Waals surface area contributed by atoms with E-state index < -0.39 is 23.6 Å². The van der Waals surface area contributed by atoms with Crippen LogP contribution in [0.3, 0.4) is 0 Å². The minimum absolute atomic E-state index is 0.0584. The number of nitrogens with one attached hydrogen (secondary N) is 2.